The first-order chi connectivity index (χ1) is 8.58. The van der Waals surface area contributed by atoms with Crippen LogP contribution in [0.4, 0.5) is 5.69 Å². The second-order valence-corrected chi connectivity index (χ2v) is 3.86. The Balaban J connectivity index is 2.74. The van der Waals surface area contributed by atoms with Gasteiger partial charge in [0.2, 0.25) is 5.91 Å². The second kappa shape index (κ2) is 6.75. The van der Waals surface area contributed by atoms with Crippen molar-refractivity contribution in [2.24, 2.45) is 5.73 Å². The van der Waals surface area contributed by atoms with Crippen LogP contribution >= 0.6 is 0 Å². The number of hydrogen-bond acceptors (Lipinski definition) is 5. The molecule has 1 rings (SSSR count). The molecule has 0 aliphatic carbocycles. The van der Waals surface area contributed by atoms with Crippen LogP contribution in [0.15, 0.2) is 17.1 Å². The molecule has 7 heteroatoms. The average Bonchev–Trinajstić information content (AvgIpc) is 2.38. The highest BCUT2D eigenvalue weighted by atomic mass is 16.2. The van der Waals surface area contributed by atoms with Gasteiger partial charge in [-0.1, -0.05) is 0 Å². The fraction of sp³-hybridized carbons (Fsp3) is 0.545. The number of rotatable bonds is 6. The van der Waals surface area contributed by atoms with Crippen molar-refractivity contribution in [1.82, 2.24) is 14.7 Å². The predicted octanol–water partition coefficient (Wildman–Crippen LogP) is -0.908. The molecular weight excluding hydrogens is 234 g/mol. The van der Waals surface area contributed by atoms with Gasteiger partial charge in [-0.3, -0.25) is 9.59 Å². The van der Waals surface area contributed by atoms with Crippen LogP contribution in [0, 0.1) is 0 Å². The van der Waals surface area contributed by atoms with E-state index in [0.29, 0.717) is 25.3 Å². The van der Waals surface area contributed by atoms with Crippen LogP contribution in [0.25, 0.3) is 0 Å². The molecule has 1 amide bonds. The summed E-state index contributed by atoms with van der Waals surface area (Å²) in [7, 11) is 1.69. The molecule has 0 unspecified atom stereocenters. The molecule has 3 N–H and O–H groups in total. The average molecular weight is 253 g/mol. The number of anilines is 1. The summed E-state index contributed by atoms with van der Waals surface area (Å²) in [6.45, 7) is 3.48. The monoisotopic (exact) mass is 253 g/mol. The van der Waals surface area contributed by atoms with Gasteiger partial charge in [0.25, 0.3) is 5.56 Å². The summed E-state index contributed by atoms with van der Waals surface area (Å²) in [5.41, 5.74) is 5.64. The Hall–Kier alpha value is -1.89. The summed E-state index contributed by atoms with van der Waals surface area (Å²) < 4.78 is 1.14. The molecule has 0 saturated heterocycles. The molecule has 1 aromatic rings. The van der Waals surface area contributed by atoms with Gasteiger partial charge in [0, 0.05) is 32.7 Å². The predicted molar refractivity (Wildman–Crippen MR) is 69.4 cm³/mol. The van der Waals surface area contributed by atoms with Gasteiger partial charge in [-0.15, -0.1) is 0 Å². The van der Waals surface area contributed by atoms with Crippen molar-refractivity contribution in [3.63, 3.8) is 0 Å². The van der Waals surface area contributed by atoms with E-state index in [9.17, 15) is 9.59 Å². The maximum Gasteiger partial charge on any atom is 0.269 e. The SMILES string of the molecule is CCN(C)C(=O)Cn1ncc(NCCN)cc1=O. The number of carbonyl (C=O) groups excluding carboxylic acids is 1. The fourth-order valence-electron chi connectivity index (χ4n) is 1.29. The largest absolute Gasteiger partial charge is 0.382 e. The minimum atomic E-state index is -0.310. The quantitative estimate of drug-likeness (QED) is 0.685. The van der Waals surface area contributed by atoms with Crippen molar-refractivity contribution < 1.29 is 4.79 Å². The number of nitrogens with two attached hydrogens (primary N) is 1. The standard InChI is InChI=1S/C11H19N5O2/c1-3-15(2)11(18)8-16-10(17)6-9(7-14-16)13-5-4-12/h6-7,13H,3-5,8,12H2,1-2H3. The van der Waals surface area contributed by atoms with Crippen LogP contribution in [-0.2, 0) is 11.3 Å². The zero-order chi connectivity index (χ0) is 13.5. The smallest absolute Gasteiger partial charge is 0.269 e. The van der Waals surface area contributed by atoms with Gasteiger partial charge in [-0.05, 0) is 6.92 Å². The summed E-state index contributed by atoms with van der Waals surface area (Å²) in [6, 6.07) is 1.40. The first-order valence-electron chi connectivity index (χ1n) is 5.83. The summed E-state index contributed by atoms with van der Waals surface area (Å²) in [4.78, 5) is 24.9. The van der Waals surface area contributed by atoms with Gasteiger partial charge < -0.3 is 16.0 Å². The maximum atomic E-state index is 11.7. The zero-order valence-electron chi connectivity index (χ0n) is 10.7. The number of hydrogen-bond donors (Lipinski definition) is 2. The fourth-order valence-corrected chi connectivity index (χ4v) is 1.29. The molecule has 1 heterocycles. The lowest BCUT2D eigenvalue weighted by molar-refractivity contribution is -0.130. The topological polar surface area (TPSA) is 93.2 Å². The summed E-state index contributed by atoms with van der Waals surface area (Å²) in [6.07, 6.45) is 1.51. The van der Waals surface area contributed by atoms with Crippen LogP contribution in [-0.4, -0.2) is 47.3 Å². The van der Waals surface area contributed by atoms with Crippen LogP contribution in [0.5, 0.6) is 0 Å². The summed E-state index contributed by atoms with van der Waals surface area (Å²) in [5.74, 6) is -0.144. The molecular formula is C11H19N5O2. The van der Waals surface area contributed by atoms with Crippen molar-refractivity contribution in [3.8, 4) is 0 Å². The first-order valence-corrected chi connectivity index (χ1v) is 5.83. The summed E-state index contributed by atoms with van der Waals surface area (Å²) >= 11 is 0. The minimum Gasteiger partial charge on any atom is -0.382 e. The van der Waals surface area contributed by atoms with Crippen LogP contribution in [0.3, 0.4) is 0 Å². The Labute approximate surface area is 106 Å². The normalized spacial score (nSPS) is 10.2. The number of nitrogens with one attached hydrogen (secondary N) is 1. The number of aromatic nitrogens is 2. The Morgan fingerprint density at radius 2 is 2.33 bits per heavy atom. The number of amides is 1. The Bertz CT molecular complexity index is 457. The van der Waals surface area contributed by atoms with E-state index < -0.39 is 0 Å². The molecule has 1 aromatic heterocycles. The van der Waals surface area contributed by atoms with Crippen molar-refractivity contribution >= 4 is 11.6 Å². The third-order valence-corrected chi connectivity index (χ3v) is 2.53. The molecule has 0 spiro atoms. The maximum absolute atomic E-state index is 11.7. The lowest BCUT2D eigenvalue weighted by Crippen LogP contribution is -2.34. The summed E-state index contributed by atoms with van der Waals surface area (Å²) in [5, 5.41) is 6.89. The number of carbonyl (C=O) groups is 1. The molecule has 0 fully saturated rings. The van der Waals surface area contributed by atoms with Crippen LogP contribution < -0.4 is 16.6 Å². The zero-order valence-corrected chi connectivity index (χ0v) is 10.7. The van der Waals surface area contributed by atoms with Crippen LogP contribution in [0.2, 0.25) is 0 Å². The Morgan fingerprint density at radius 3 is 2.89 bits per heavy atom. The molecule has 0 atom stereocenters. The molecule has 18 heavy (non-hydrogen) atoms. The Morgan fingerprint density at radius 1 is 1.61 bits per heavy atom. The van der Waals surface area contributed by atoms with Crippen molar-refractivity contribution in [2.45, 2.75) is 13.5 Å². The van der Waals surface area contributed by atoms with Crippen molar-refractivity contribution in [2.75, 3.05) is 32.0 Å². The molecule has 7 nitrogen and oxygen atoms in total. The van der Waals surface area contributed by atoms with Crippen molar-refractivity contribution in [3.05, 3.63) is 22.6 Å². The lowest BCUT2D eigenvalue weighted by Gasteiger charge is -2.14. The highest BCUT2D eigenvalue weighted by molar-refractivity contribution is 5.75. The molecule has 0 aromatic carbocycles. The van der Waals surface area contributed by atoms with E-state index in [2.05, 4.69) is 10.4 Å². The Kier molecular flexibility index (Phi) is 5.31. The molecule has 0 bridgehead atoms. The van der Waals surface area contributed by atoms with Gasteiger partial charge in [0.1, 0.15) is 6.54 Å². The minimum absolute atomic E-state index is 0.0413. The van der Waals surface area contributed by atoms with Crippen molar-refractivity contribution in [1.29, 1.82) is 0 Å². The van der Waals surface area contributed by atoms with Gasteiger partial charge in [-0.2, -0.15) is 5.10 Å². The highest BCUT2D eigenvalue weighted by Crippen LogP contribution is 1.98. The van der Waals surface area contributed by atoms with Gasteiger partial charge in [-0.25, -0.2) is 4.68 Å². The van der Waals surface area contributed by atoms with E-state index in [-0.39, 0.29) is 18.0 Å². The van der Waals surface area contributed by atoms with Gasteiger partial charge >= 0.3 is 0 Å². The second-order valence-electron chi connectivity index (χ2n) is 3.86. The molecule has 0 radical (unpaired) electrons. The van der Waals surface area contributed by atoms with Crippen LogP contribution in [0.1, 0.15) is 6.92 Å². The lowest BCUT2D eigenvalue weighted by atomic mass is 10.4. The third kappa shape index (κ3) is 3.85. The van der Waals surface area contributed by atoms with E-state index in [1.807, 2.05) is 6.92 Å². The number of nitrogens with zero attached hydrogens (tertiary/aromatic N) is 3. The van der Waals surface area contributed by atoms with Gasteiger partial charge in [0.15, 0.2) is 0 Å². The van der Waals surface area contributed by atoms with E-state index in [4.69, 9.17) is 5.73 Å². The van der Waals surface area contributed by atoms with E-state index in [1.54, 1.807) is 7.05 Å². The molecule has 100 valence electrons. The highest BCUT2D eigenvalue weighted by Gasteiger charge is 2.09. The van der Waals surface area contributed by atoms with E-state index in [1.165, 1.54) is 17.2 Å². The molecule has 0 aliphatic heterocycles. The van der Waals surface area contributed by atoms with Gasteiger partial charge in [0.05, 0.1) is 11.9 Å². The van der Waals surface area contributed by atoms with E-state index >= 15 is 0 Å². The number of likely N-dealkylation sites (N-methyl/N-ethyl adjacent to an activating group) is 1. The first kappa shape index (κ1) is 14.2. The molecule has 0 saturated carbocycles. The van der Waals surface area contributed by atoms with E-state index in [0.717, 1.165) is 4.68 Å². The molecule has 0 aliphatic rings. The third-order valence-electron chi connectivity index (χ3n) is 2.53.